The van der Waals surface area contributed by atoms with Gasteiger partial charge in [0.05, 0.1) is 9.88 Å². The lowest BCUT2D eigenvalue weighted by molar-refractivity contribution is 0.500. The van der Waals surface area contributed by atoms with Crippen LogP contribution < -0.4 is 4.72 Å². The van der Waals surface area contributed by atoms with Gasteiger partial charge < -0.3 is 0 Å². The van der Waals surface area contributed by atoms with E-state index in [1.165, 1.54) is 6.07 Å². The summed E-state index contributed by atoms with van der Waals surface area (Å²) in [6.45, 7) is 1.60. The van der Waals surface area contributed by atoms with Crippen LogP contribution in [0.2, 0.25) is 8.67 Å². The van der Waals surface area contributed by atoms with Gasteiger partial charge in [-0.25, -0.2) is 13.1 Å². The minimum Gasteiger partial charge on any atom is -0.207 e. The van der Waals surface area contributed by atoms with E-state index in [-0.39, 0.29) is 21.0 Å². The molecule has 0 aromatic carbocycles. The summed E-state index contributed by atoms with van der Waals surface area (Å²) in [6, 6.07) is 1.29. The zero-order valence-corrected chi connectivity index (χ0v) is 13.3. The second kappa shape index (κ2) is 5.82. The van der Waals surface area contributed by atoms with E-state index >= 15 is 0 Å². The van der Waals surface area contributed by atoms with E-state index < -0.39 is 15.6 Å². The highest BCUT2D eigenvalue weighted by atomic mass is 35.5. The molecule has 0 radical (unpaired) electrons. The number of thiophene rings is 1. The molecule has 0 fully saturated rings. The molecule has 0 saturated carbocycles. The molecule has 1 rings (SSSR count). The van der Waals surface area contributed by atoms with Crippen LogP contribution in [0, 0.1) is 0 Å². The lowest BCUT2D eigenvalue weighted by Crippen LogP contribution is -2.49. The minimum absolute atomic E-state index is 0.0468. The van der Waals surface area contributed by atoms with E-state index in [9.17, 15) is 8.42 Å². The van der Waals surface area contributed by atoms with Gasteiger partial charge in [0.2, 0.25) is 10.0 Å². The van der Waals surface area contributed by atoms with Crippen LogP contribution in [0.15, 0.2) is 11.0 Å². The molecular formula is C8H9Cl4NO2S2. The normalized spacial score (nSPS) is 13.0. The van der Waals surface area contributed by atoms with Crippen molar-refractivity contribution in [2.75, 3.05) is 11.8 Å². The van der Waals surface area contributed by atoms with Crippen LogP contribution >= 0.6 is 57.7 Å². The van der Waals surface area contributed by atoms with Crippen molar-refractivity contribution in [1.82, 2.24) is 4.72 Å². The van der Waals surface area contributed by atoms with E-state index in [0.29, 0.717) is 4.34 Å². The second-order valence-corrected chi connectivity index (χ2v) is 8.09. The number of halogens is 4. The monoisotopic (exact) mass is 355 g/mol. The van der Waals surface area contributed by atoms with Crippen molar-refractivity contribution >= 4 is 67.8 Å². The Kier molecular flexibility index (Phi) is 5.42. The van der Waals surface area contributed by atoms with Crippen LogP contribution in [0.5, 0.6) is 0 Å². The Morgan fingerprint density at radius 3 is 2.24 bits per heavy atom. The third-order valence-electron chi connectivity index (χ3n) is 1.89. The molecular weight excluding hydrogens is 348 g/mol. The van der Waals surface area contributed by atoms with Gasteiger partial charge in [0.1, 0.15) is 9.23 Å². The molecule has 9 heteroatoms. The molecule has 98 valence electrons. The summed E-state index contributed by atoms with van der Waals surface area (Å²) in [5, 5.41) is 0. The summed E-state index contributed by atoms with van der Waals surface area (Å²) in [5.74, 6) is 0.0937. The van der Waals surface area contributed by atoms with Gasteiger partial charge in [-0.05, 0) is 13.0 Å². The quantitative estimate of drug-likeness (QED) is 0.819. The van der Waals surface area contributed by atoms with Gasteiger partial charge in [0.15, 0.2) is 0 Å². The van der Waals surface area contributed by atoms with E-state index in [2.05, 4.69) is 4.72 Å². The Bertz CT molecular complexity index is 496. The Morgan fingerprint density at radius 1 is 1.35 bits per heavy atom. The summed E-state index contributed by atoms with van der Waals surface area (Å²) in [4.78, 5) is -0.0596. The van der Waals surface area contributed by atoms with Crippen molar-refractivity contribution < 1.29 is 8.42 Å². The molecule has 0 atom stereocenters. The number of sulfonamides is 1. The molecule has 0 unspecified atom stereocenters. The van der Waals surface area contributed by atoms with Crippen molar-refractivity contribution in [2.24, 2.45) is 0 Å². The van der Waals surface area contributed by atoms with Crippen molar-refractivity contribution in [2.45, 2.75) is 17.4 Å². The predicted molar refractivity (Wildman–Crippen MR) is 74.5 cm³/mol. The average Bonchev–Trinajstić information content (AvgIpc) is 2.58. The molecule has 3 nitrogen and oxygen atoms in total. The van der Waals surface area contributed by atoms with Gasteiger partial charge in [-0.1, -0.05) is 23.2 Å². The molecule has 0 aliphatic heterocycles. The van der Waals surface area contributed by atoms with Gasteiger partial charge in [-0.15, -0.1) is 34.5 Å². The molecule has 1 aromatic heterocycles. The minimum atomic E-state index is -3.78. The van der Waals surface area contributed by atoms with Crippen molar-refractivity contribution in [3.05, 3.63) is 14.7 Å². The summed E-state index contributed by atoms with van der Waals surface area (Å²) in [7, 11) is -3.78. The molecule has 0 saturated heterocycles. The summed E-state index contributed by atoms with van der Waals surface area (Å²) in [6.07, 6.45) is 0. The lowest BCUT2D eigenvalue weighted by atomic mass is 10.1. The van der Waals surface area contributed by atoms with Crippen LogP contribution in [-0.2, 0) is 10.0 Å². The maximum Gasteiger partial charge on any atom is 0.243 e. The highest BCUT2D eigenvalue weighted by Crippen LogP contribution is 2.34. The summed E-state index contributed by atoms with van der Waals surface area (Å²) >= 11 is 23.8. The Morgan fingerprint density at radius 2 is 1.88 bits per heavy atom. The van der Waals surface area contributed by atoms with E-state index in [0.717, 1.165) is 11.3 Å². The van der Waals surface area contributed by atoms with Crippen molar-refractivity contribution in [3.8, 4) is 0 Å². The van der Waals surface area contributed by atoms with Gasteiger partial charge in [-0.2, -0.15) is 0 Å². The average molecular weight is 357 g/mol. The van der Waals surface area contributed by atoms with E-state index in [1.54, 1.807) is 6.92 Å². The Labute approximate surface area is 124 Å². The van der Waals surface area contributed by atoms with Crippen molar-refractivity contribution in [3.63, 3.8) is 0 Å². The maximum absolute atomic E-state index is 12.0. The first-order chi connectivity index (χ1) is 7.74. The SMILES string of the molecule is CC(CCl)(CCl)NS(=O)(=O)c1cc(Cl)sc1Cl. The van der Waals surface area contributed by atoms with Gasteiger partial charge >= 0.3 is 0 Å². The third kappa shape index (κ3) is 3.86. The topological polar surface area (TPSA) is 46.2 Å². The van der Waals surface area contributed by atoms with Crippen LogP contribution in [-0.4, -0.2) is 25.7 Å². The standard InChI is InChI=1S/C8H9Cl4NO2S2/c1-8(3-9,4-10)13-17(14,15)5-2-6(11)16-7(5)12/h2,13H,3-4H2,1H3. The van der Waals surface area contributed by atoms with Crippen LogP contribution in [0.4, 0.5) is 0 Å². The number of rotatable bonds is 5. The smallest absolute Gasteiger partial charge is 0.207 e. The summed E-state index contributed by atoms with van der Waals surface area (Å²) in [5.41, 5.74) is -0.931. The van der Waals surface area contributed by atoms with Crippen LogP contribution in [0.25, 0.3) is 0 Å². The predicted octanol–water partition coefficient (Wildman–Crippen LogP) is 3.57. The van der Waals surface area contributed by atoms with Gasteiger partial charge in [0.25, 0.3) is 0 Å². The third-order valence-corrected chi connectivity index (χ3v) is 6.46. The zero-order valence-electron chi connectivity index (χ0n) is 8.64. The van der Waals surface area contributed by atoms with Crippen LogP contribution in [0.1, 0.15) is 6.92 Å². The molecule has 0 amide bonds. The fourth-order valence-corrected chi connectivity index (χ4v) is 5.11. The summed E-state index contributed by atoms with van der Waals surface area (Å²) < 4.78 is 26.9. The number of nitrogens with one attached hydrogen (secondary N) is 1. The molecule has 17 heavy (non-hydrogen) atoms. The molecule has 1 aromatic rings. The first-order valence-corrected chi connectivity index (χ1v) is 8.47. The first-order valence-electron chi connectivity index (χ1n) is 4.35. The number of hydrogen-bond donors (Lipinski definition) is 1. The Balaban J connectivity index is 3.09. The Hall–Kier alpha value is 0.770. The van der Waals surface area contributed by atoms with Crippen LogP contribution in [0.3, 0.4) is 0 Å². The largest absolute Gasteiger partial charge is 0.243 e. The van der Waals surface area contributed by atoms with E-state index in [1.807, 2.05) is 0 Å². The van der Waals surface area contributed by atoms with E-state index in [4.69, 9.17) is 46.4 Å². The highest BCUT2D eigenvalue weighted by molar-refractivity contribution is 7.89. The van der Waals surface area contributed by atoms with Gasteiger partial charge in [-0.3, -0.25) is 0 Å². The maximum atomic E-state index is 12.0. The second-order valence-electron chi connectivity index (χ2n) is 3.62. The highest BCUT2D eigenvalue weighted by Gasteiger charge is 2.31. The fraction of sp³-hybridized carbons (Fsp3) is 0.500. The molecule has 1 heterocycles. The van der Waals surface area contributed by atoms with Crippen molar-refractivity contribution in [1.29, 1.82) is 0 Å². The first kappa shape index (κ1) is 15.8. The van der Waals surface area contributed by atoms with Gasteiger partial charge in [0, 0.05) is 11.8 Å². The molecule has 0 aliphatic rings. The lowest BCUT2D eigenvalue weighted by Gasteiger charge is -2.25. The number of hydrogen-bond acceptors (Lipinski definition) is 3. The fourth-order valence-electron chi connectivity index (χ4n) is 0.978. The molecule has 0 bridgehead atoms. The number of alkyl halides is 2. The molecule has 0 spiro atoms. The molecule has 1 N–H and O–H groups in total. The molecule has 0 aliphatic carbocycles. The zero-order chi connectivity index (χ0) is 13.3.